The van der Waals surface area contributed by atoms with Crippen LogP contribution in [0.1, 0.15) is 38.5 Å². The molecule has 1 saturated heterocycles. The summed E-state index contributed by atoms with van der Waals surface area (Å²) in [5, 5.41) is 3.02. The summed E-state index contributed by atoms with van der Waals surface area (Å²) in [6.45, 7) is 3.77. The molecular weight excluding hydrogens is 214 g/mol. The number of carbonyl (C=O) groups is 1. The molecule has 4 nitrogen and oxygen atoms in total. The van der Waals surface area contributed by atoms with Crippen LogP contribution in [0.5, 0.6) is 0 Å². The average Bonchev–Trinajstić information content (AvgIpc) is 2.56. The van der Waals surface area contributed by atoms with Crippen molar-refractivity contribution in [1.82, 2.24) is 15.1 Å². The lowest BCUT2D eigenvalue weighted by Crippen LogP contribution is -2.40. The fourth-order valence-corrected chi connectivity index (χ4v) is 2.13. The van der Waals surface area contributed by atoms with Crippen LogP contribution in [0.15, 0.2) is 0 Å². The number of hydrogen-bond acceptors (Lipinski definition) is 2. The molecule has 0 spiro atoms. The molecule has 0 atom stereocenters. The van der Waals surface area contributed by atoms with Gasteiger partial charge in [0.25, 0.3) is 0 Å². The Kier molecular flexibility index (Phi) is 7.01. The number of likely N-dealkylation sites (tertiary alicyclic amines) is 1. The van der Waals surface area contributed by atoms with Crippen molar-refractivity contribution in [2.75, 3.05) is 40.3 Å². The Morgan fingerprint density at radius 2 is 1.76 bits per heavy atom. The number of rotatable bonds is 5. The maximum atomic E-state index is 11.9. The summed E-state index contributed by atoms with van der Waals surface area (Å²) in [6, 6.07) is 0.136. The maximum Gasteiger partial charge on any atom is 0.317 e. The normalized spacial score (nSPS) is 17.0. The lowest BCUT2D eigenvalue weighted by molar-refractivity contribution is 0.199. The largest absolute Gasteiger partial charge is 0.338 e. The molecule has 1 aliphatic heterocycles. The lowest BCUT2D eigenvalue weighted by atomic mass is 10.2. The molecule has 1 rings (SSSR count). The summed E-state index contributed by atoms with van der Waals surface area (Å²) in [6.07, 6.45) is 7.08. The fourth-order valence-electron chi connectivity index (χ4n) is 2.13. The van der Waals surface area contributed by atoms with Gasteiger partial charge < -0.3 is 15.1 Å². The van der Waals surface area contributed by atoms with E-state index in [1.165, 1.54) is 12.8 Å². The first-order chi connectivity index (χ1) is 8.20. The van der Waals surface area contributed by atoms with E-state index in [0.29, 0.717) is 0 Å². The van der Waals surface area contributed by atoms with E-state index in [1.54, 1.807) is 0 Å². The Hall–Kier alpha value is -0.770. The minimum absolute atomic E-state index is 0.136. The molecule has 17 heavy (non-hydrogen) atoms. The number of nitrogens with one attached hydrogen (secondary N) is 1. The monoisotopic (exact) mass is 241 g/mol. The van der Waals surface area contributed by atoms with Crippen LogP contribution in [-0.4, -0.2) is 56.1 Å². The highest BCUT2D eigenvalue weighted by Gasteiger charge is 2.14. The van der Waals surface area contributed by atoms with E-state index >= 15 is 0 Å². The van der Waals surface area contributed by atoms with E-state index in [1.807, 2.05) is 4.90 Å². The molecule has 1 heterocycles. The molecule has 4 heteroatoms. The summed E-state index contributed by atoms with van der Waals surface area (Å²) in [5.41, 5.74) is 0. The van der Waals surface area contributed by atoms with Crippen LogP contribution in [0.3, 0.4) is 0 Å². The summed E-state index contributed by atoms with van der Waals surface area (Å²) >= 11 is 0. The van der Waals surface area contributed by atoms with Crippen molar-refractivity contribution in [1.29, 1.82) is 0 Å². The van der Waals surface area contributed by atoms with Crippen LogP contribution < -0.4 is 5.32 Å². The highest BCUT2D eigenvalue weighted by molar-refractivity contribution is 5.74. The minimum Gasteiger partial charge on any atom is -0.338 e. The summed E-state index contributed by atoms with van der Waals surface area (Å²) < 4.78 is 0. The Morgan fingerprint density at radius 1 is 1.12 bits per heavy atom. The van der Waals surface area contributed by atoms with Crippen molar-refractivity contribution < 1.29 is 4.79 Å². The van der Waals surface area contributed by atoms with E-state index in [0.717, 1.165) is 51.9 Å². The molecular formula is C13H27N3O. The number of amides is 2. The fraction of sp³-hybridized carbons (Fsp3) is 0.923. The Balaban J connectivity index is 2.07. The van der Waals surface area contributed by atoms with Gasteiger partial charge >= 0.3 is 6.03 Å². The van der Waals surface area contributed by atoms with E-state index in [4.69, 9.17) is 0 Å². The maximum absolute atomic E-state index is 11.9. The highest BCUT2D eigenvalue weighted by Crippen LogP contribution is 2.09. The van der Waals surface area contributed by atoms with Crippen LogP contribution in [0.2, 0.25) is 0 Å². The van der Waals surface area contributed by atoms with Crippen LogP contribution in [0.25, 0.3) is 0 Å². The number of urea groups is 1. The van der Waals surface area contributed by atoms with E-state index < -0.39 is 0 Å². The minimum atomic E-state index is 0.136. The Morgan fingerprint density at radius 3 is 2.35 bits per heavy atom. The molecule has 2 amide bonds. The molecule has 0 aliphatic carbocycles. The van der Waals surface area contributed by atoms with Gasteiger partial charge in [-0.15, -0.1) is 0 Å². The second-order valence-corrected chi connectivity index (χ2v) is 5.14. The number of nitrogens with zero attached hydrogens (tertiary/aromatic N) is 2. The van der Waals surface area contributed by atoms with Gasteiger partial charge in [-0.25, -0.2) is 4.79 Å². The zero-order valence-corrected chi connectivity index (χ0v) is 11.4. The zero-order chi connectivity index (χ0) is 12.5. The Bertz CT molecular complexity index is 211. The van der Waals surface area contributed by atoms with Crippen LogP contribution in [0.4, 0.5) is 4.79 Å². The van der Waals surface area contributed by atoms with Crippen molar-refractivity contribution >= 4 is 6.03 Å². The molecule has 0 aromatic rings. The van der Waals surface area contributed by atoms with Gasteiger partial charge in [0.15, 0.2) is 0 Å². The molecule has 0 radical (unpaired) electrons. The van der Waals surface area contributed by atoms with Crippen LogP contribution in [-0.2, 0) is 0 Å². The molecule has 0 bridgehead atoms. The molecule has 1 N–H and O–H groups in total. The third kappa shape index (κ3) is 6.51. The molecule has 0 aromatic heterocycles. The van der Waals surface area contributed by atoms with Gasteiger partial charge in [0.1, 0.15) is 0 Å². The second kappa shape index (κ2) is 8.34. The van der Waals surface area contributed by atoms with Crippen molar-refractivity contribution in [3.05, 3.63) is 0 Å². The van der Waals surface area contributed by atoms with Crippen molar-refractivity contribution in [2.24, 2.45) is 0 Å². The Labute approximate surface area is 105 Å². The quantitative estimate of drug-likeness (QED) is 0.746. The molecule has 0 saturated carbocycles. The van der Waals surface area contributed by atoms with Crippen molar-refractivity contribution in [2.45, 2.75) is 38.5 Å². The first-order valence-corrected chi connectivity index (χ1v) is 6.87. The van der Waals surface area contributed by atoms with E-state index in [-0.39, 0.29) is 6.03 Å². The summed E-state index contributed by atoms with van der Waals surface area (Å²) in [7, 11) is 4.16. The molecule has 1 fully saturated rings. The predicted molar refractivity (Wildman–Crippen MR) is 71.2 cm³/mol. The van der Waals surface area contributed by atoms with Crippen LogP contribution >= 0.6 is 0 Å². The van der Waals surface area contributed by atoms with Gasteiger partial charge in [-0.3, -0.25) is 0 Å². The number of carbonyl (C=O) groups excluding carboxylic acids is 1. The SMILES string of the molecule is CN(C)CCCCNC(=O)N1CCCCCC1. The van der Waals surface area contributed by atoms with E-state index in [9.17, 15) is 4.79 Å². The standard InChI is InChI=1S/C13H27N3O/c1-15(2)10-8-5-9-14-13(17)16-11-6-3-4-7-12-16/h3-12H2,1-2H3,(H,14,17). The van der Waals surface area contributed by atoms with E-state index in [2.05, 4.69) is 24.3 Å². The van der Waals surface area contributed by atoms with Crippen LogP contribution in [0, 0.1) is 0 Å². The third-order valence-corrected chi connectivity index (χ3v) is 3.20. The first kappa shape index (κ1) is 14.3. The number of hydrogen-bond donors (Lipinski definition) is 1. The van der Waals surface area contributed by atoms with Gasteiger partial charge in [-0.2, -0.15) is 0 Å². The number of unbranched alkanes of at least 4 members (excludes halogenated alkanes) is 1. The highest BCUT2D eigenvalue weighted by atomic mass is 16.2. The van der Waals surface area contributed by atoms with Gasteiger partial charge in [0.2, 0.25) is 0 Å². The van der Waals surface area contributed by atoms with Gasteiger partial charge in [-0.1, -0.05) is 12.8 Å². The van der Waals surface area contributed by atoms with Gasteiger partial charge in [0.05, 0.1) is 0 Å². The van der Waals surface area contributed by atoms with Crippen molar-refractivity contribution in [3.8, 4) is 0 Å². The van der Waals surface area contributed by atoms with Crippen molar-refractivity contribution in [3.63, 3.8) is 0 Å². The summed E-state index contributed by atoms with van der Waals surface area (Å²) in [4.78, 5) is 16.0. The first-order valence-electron chi connectivity index (χ1n) is 6.87. The molecule has 0 aromatic carbocycles. The molecule has 100 valence electrons. The van der Waals surface area contributed by atoms with Gasteiger partial charge in [0, 0.05) is 19.6 Å². The zero-order valence-electron chi connectivity index (χ0n) is 11.4. The molecule has 1 aliphatic rings. The second-order valence-electron chi connectivity index (χ2n) is 5.14. The predicted octanol–water partition coefficient (Wildman–Crippen LogP) is 1.91. The topological polar surface area (TPSA) is 35.6 Å². The lowest BCUT2D eigenvalue weighted by Gasteiger charge is -2.20. The smallest absolute Gasteiger partial charge is 0.317 e. The summed E-state index contributed by atoms with van der Waals surface area (Å²) in [5.74, 6) is 0. The third-order valence-electron chi connectivity index (χ3n) is 3.20. The van der Waals surface area contributed by atoms with Gasteiger partial charge in [-0.05, 0) is 46.3 Å². The molecule has 0 unspecified atom stereocenters. The average molecular weight is 241 g/mol.